The SMILES string of the molecule is CCc1[nH]c2c(c1CC)C(=O)CCC2. The standard InChI is InChI=1S/C12H17NO/c1-3-8-9(4-2)13-10-6-5-7-11(14)12(8)10/h13H,3-7H2,1-2H3. The molecule has 1 heterocycles. The molecule has 2 rings (SSSR count). The van der Waals surface area contributed by atoms with Crippen LogP contribution in [0.3, 0.4) is 0 Å². The Morgan fingerprint density at radius 1 is 1.21 bits per heavy atom. The zero-order valence-corrected chi connectivity index (χ0v) is 8.94. The summed E-state index contributed by atoms with van der Waals surface area (Å²) in [5, 5.41) is 0. The summed E-state index contributed by atoms with van der Waals surface area (Å²) in [4.78, 5) is 15.2. The summed E-state index contributed by atoms with van der Waals surface area (Å²) in [6, 6.07) is 0. The maximum atomic E-state index is 11.8. The number of aromatic amines is 1. The number of Topliss-reactive ketones (excluding diaryl/α,β-unsaturated/α-hetero) is 1. The number of rotatable bonds is 2. The number of hydrogen-bond acceptors (Lipinski definition) is 1. The van der Waals surface area contributed by atoms with E-state index in [0.29, 0.717) is 5.78 Å². The van der Waals surface area contributed by atoms with Gasteiger partial charge in [0, 0.05) is 23.4 Å². The minimum atomic E-state index is 0.346. The zero-order valence-electron chi connectivity index (χ0n) is 8.94. The third-order valence-electron chi connectivity index (χ3n) is 3.09. The van der Waals surface area contributed by atoms with Gasteiger partial charge >= 0.3 is 0 Å². The smallest absolute Gasteiger partial charge is 0.164 e. The van der Waals surface area contributed by atoms with Crippen LogP contribution in [0.4, 0.5) is 0 Å². The van der Waals surface area contributed by atoms with Crippen molar-refractivity contribution in [2.45, 2.75) is 46.0 Å². The van der Waals surface area contributed by atoms with Crippen molar-refractivity contribution < 1.29 is 4.79 Å². The number of carbonyl (C=O) groups is 1. The van der Waals surface area contributed by atoms with E-state index < -0.39 is 0 Å². The zero-order chi connectivity index (χ0) is 10.1. The summed E-state index contributed by atoms with van der Waals surface area (Å²) >= 11 is 0. The number of aromatic nitrogens is 1. The van der Waals surface area contributed by atoms with Crippen LogP contribution in [-0.2, 0) is 19.3 Å². The highest BCUT2D eigenvalue weighted by atomic mass is 16.1. The van der Waals surface area contributed by atoms with Crippen LogP contribution in [0, 0.1) is 0 Å². The van der Waals surface area contributed by atoms with Gasteiger partial charge in [-0.05, 0) is 31.2 Å². The van der Waals surface area contributed by atoms with Gasteiger partial charge in [-0.25, -0.2) is 0 Å². The summed E-state index contributed by atoms with van der Waals surface area (Å²) in [5.74, 6) is 0.346. The average Bonchev–Trinajstić information content (AvgIpc) is 2.56. The molecule has 0 saturated carbocycles. The molecule has 0 atom stereocenters. The van der Waals surface area contributed by atoms with Gasteiger partial charge in [-0.1, -0.05) is 13.8 Å². The second-order valence-corrected chi connectivity index (χ2v) is 3.92. The van der Waals surface area contributed by atoms with Crippen molar-refractivity contribution in [1.82, 2.24) is 4.98 Å². The van der Waals surface area contributed by atoms with Gasteiger partial charge in [0.2, 0.25) is 0 Å². The fraction of sp³-hybridized carbons (Fsp3) is 0.583. The largest absolute Gasteiger partial charge is 0.361 e. The Kier molecular flexibility index (Phi) is 2.44. The van der Waals surface area contributed by atoms with Gasteiger partial charge in [0.25, 0.3) is 0 Å². The van der Waals surface area contributed by atoms with E-state index in [4.69, 9.17) is 0 Å². The topological polar surface area (TPSA) is 32.9 Å². The molecule has 0 bridgehead atoms. The van der Waals surface area contributed by atoms with E-state index >= 15 is 0 Å². The molecule has 2 nitrogen and oxygen atoms in total. The number of fused-ring (bicyclic) bond motifs is 1. The molecule has 0 amide bonds. The minimum Gasteiger partial charge on any atom is -0.361 e. The predicted octanol–water partition coefficient (Wildman–Crippen LogP) is 2.66. The van der Waals surface area contributed by atoms with E-state index in [1.54, 1.807) is 0 Å². The maximum absolute atomic E-state index is 11.8. The Hall–Kier alpha value is -1.05. The van der Waals surface area contributed by atoms with Crippen molar-refractivity contribution in [2.24, 2.45) is 0 Å². The Balaban J connectivity index is 2.55. The Bertz CT molecular complexity index is 363. The van der Waals surface area contributed by atoms with Gasteiger partial charge < -0.3 is 4.98 Å². The summed E-state index contributed by atoms with van der Waals surface area (Å²) < 4.78 is 0. The number of hydrogen-bond donors (Lipinski definition) is 1. The number of H-pyrrole nitrogens is 1. The molecule has 1 aromatic rings. The molecule has 0 saturated heterocycles. The number of ketones is 1. The van der Waals surface area contributed by atoms with Gasteiger partial charge in [0.1, 0.15) is 0 Å². The van der Waals surface area contributed by atoms with Crippen LogP contribution in [0.5, 0.6) is 0 Å². The lowest BCUT2D eigenvalue weighted by Crippen LogP contribution is -2.10. The first-order valence-electron chi connectivity index (χ1n) is 5.53. The molecule has 0 radical (unpaired) electrons. The molecular formula is C12H17NO. The van der Waals surface area contributed by atoms with Crippen LogP contribution in [-0.4, -0.2) is 10.8 Å². The lowest BCUT2D eigenvalue weighted by molar-refractivity contribution is 0.0971. The summed E-state index contributed by atoms with van der Waals surface area (Å²) in [6.07, 6.45) is 4.78. The number of nitrogens with one attached hydrogen (secondary N) is 1. The molecule has 0 unspecified atom stereocenters. The lowest BCUT2D eigenvalue weighted by Gasteiger charge is -2.10. The van der Waals surface area contributed by atoms with E-state index in [-0.39, 0.29) is 0 Å². The maximum Gasteiger partial charge on any atom is 0.164 e. The highest BCUT2D eigenvalue weighted by Gasteiger charge is 2.23. The molecule has 1 aliphatic carbocycles. The summed E-state index contributed by atoms with van der Waals surface area (Å²) in [6.45, 7) is 4.27. The molecule has 1 aromatic heterocycles. The quantitative estimate of drug-likeness (QED) is 0.766. The third kappa shape index (κ3) is 1.29. The molecule has 0 aliphatic heterocycles. The summed E-state index contributed by atoms with van der Waals surface area (Å²) in [5.41, 5.74) is 4.76. The van der Waals surface area contributed by atoms with E-state index in [0.717, 1.165) is 37.7 Å². The second kappa shape index (κ2) is 3.60. The van der Waals surface area contributed by atoms with Gasteiger partial charge in [-0.2, -0.15) is 0 Å². The van der Waals surface area contributed by atoms with Crippen LogP contribution in [0.15, 0.2) is 0 Å². The van der Waals surface area contributed by atoms with Crippen LogP contribution in [0.1, 0.15) is 54.0 Å². The molecule has 1 aliphatic rings. The fourth-order valence-electron chi connectivity index (χ4n) is 2.42. The minimum absolute atomic E-state index is 0.346. The van der Waals surface area contributed by atoms with Crippen molar-refractivity contribution in [3.8, 4) is 0 Å². The van der Waals surface area contributed by atoms with Crippen LogP contribution in [0.2, 0.25) is 0 Å². The highest BCUT2D eigenvalue weighted by Crippen LogP contribution is 2.27. The highest BCUT2D eigenvalue weighted by molar-refractivity contribution is 6.00. The lowest BCUT2D eigenvalue weighted by atomic mass is 9.92. The predicted molar refractivity (Wildman–Crippen MR) is 56.8 cm³/mol. The molecule has 0 spiro atoms. The number of carbonyl (C=O) groups excluding carboxylic acids is 1. The summed E-state index contributed by atoms with van der Waals surface area (Å²) in [7, 11) is 0. The van der Waals surface area contributed by atoms with Crippen LogP contribution >= 0.6 is 0 Å². The number of aryl methyl sites for hydroxylation is 2. The normalized spacial score (nSPS) is 15.7. The van der Waals surface area contributed by atoms with Gasteiger partial charge in [0.05, 0.1) is 0 Å². The molecule has 14 heavy (non-hydrogen) atoms. The van der Waals surface area contributed by atoms with Gasteiger partial charge in [-0.15, -0.1) is 0 Å². The average molecular weight is 191 g/mol. The molecule has 76 valence electrons. The van der Waals surface area contributed by atoms with Crippen molar-refractivity contribution in [3.05, 3.63) is 22.5 Å². The first-order chi connectivity index (χ1) is 6.77. The molecule has 0 fully saturated rings. The van der Waals surface area contributed by atoms with Crippen molar-refractivity contribution in [2.75, 3.05) is 0 Å². The van der Waals surface area contributed by atoms with Crippen LogP contribution < -0.4 is 0 Å². The first kappa shape index (κ1) is 9.50. The molecular weight excluding hydrogens is 174 g/mol. The fourth-order valence-corrected chi connectivity index (χ4v) is 2.42. The Morgan fingerprint density at radius 3 is 2.64 bits per heavy atom. The van der Waals surface area contributed by atoms with Crippen molar-refractivity contribution in [1.29, 1.82) is 0 Å². The molecule has 0 aromatic carbocycles. The van der Waals surface area contributed by atoms with E-state index in [1.807, 2.05) is 0 Å². The second-order valence-electron chi connectivity index (χ2n) is 3.92. The molecule has 2 heteroatoms. The third-order valence-corrected chi connectivity index (χ3v) is 3.09. The van der Waals surface area contributed by atoms with E-state index in [9.17, 15) is 4.79 Å². The van der Waals surface area contributed by atoms with Crippen LogP contribution in [0.25, 0.3) is 0 Å². The first-order valence-corrected chi connectivity index (χ1v) is 5.53. The monoisotopic (exact) mass is 191 g/mol. The molecule has 1 N–H and O–H groups in total. The van der Waals surface area contributed by atoms with Crippen molar-refractivity contribution >= 4 is 5.78 Å². The Morgan fingerprint density at radius 2 is 2.00 bits per heavy atom. The van der Waals surface area contributed by atoms with Gasteiger partial charge in [0.15, 0.2) is 5.78 Å². The Labute approximate surface area is 84.7 Å². The van der Waals surface area contributed by atoms with E-state index in [1.165, 1.54) is 17.0 Å². The van der Waals surface area contributed by atoms with Crippen molar-refractivity contribution in [3.63, 3.8) is 0 Å². The van der Waals surface area contributed by atoms with Gasteiger partial charge in [-0.3, -0.25) is 4.79 Å². The van der Waals surface area contributed by atoms with E-state index in [2.05, 4.69) is 18.8 Å².